The first-order valence-electron chi connectivity index (χ1n) is 6.80. The molecule has 18 heavy (non-hydrogen) atoms. The Balaban J connectivity index is 1.77. The summed E-state index contributed by atoms with van der Waals surface area (Å²) in [4.78, 5) is 0. The minimum atomic E-state index is 0.647. The van der Waals surface area contributed by atoms with E-state index < -0.39 is 0 Å². The van der Waals surface area contributed by atoms with Gasteiger partial charge >= 0.3 is 0 Å². The highest BCUT2D eigenvalue weighted by Crippen LogP contribution is 2.19. The van der Waals surface area contributed by atoms with Gasteiger partial charge in [0.05, 0.1) is 13.7 Å². The first-order chi connectivity index (χ1) is 8.90. The fraction of sp³-hybridized carbons (Fsp3) is 0.600. The molecule has 0 spiro atoms. The van der Waals surface area contributed by atoms with Gasteiger partial charge in [-0.05, 0) is 44.3 Å². The SMILES string of the molecule is COc1ccccc1COCC1CCCNCC1. The molecule has 2 rings (SSSR count). The van der Waals surface area contributed by atoms with Crippen molar-refractivity contribution in [3.63, 3.8) is 0 Å². The normalized spacial score (nSPS) is 20.4. The van der Waals surface area contributed by atoms with Gasteiger partial charge in [0, 0.05) is 12.2 Å². The summed E-state index contributed by atoms with van der Waals surface area (Å²) in [6, 6.07) is 8.05. The van der Waals surface area contributed by atoms with Gasteiger partial charge in [0.1, 0.15) is 5.75 Å². The molecule has 1 aliphatic rings. The Morgan fingerprint density at radius 3 is 3.00 bits per heavy atom. The summed E-state index contributed by atoms with van der Waals surface area (Å²) in [7, 11) is 1.70. The summed E-state index contributed by atoms with van der Waals surface area (Å²) in [5.41, 5.74) is 1.13. The van der Waals surface area contributed by atoms with Crippen molar-refractivity contribution >= 4 is 0 Å². The molecule has 3 heteroatoms. The summed E-state index contributed by atoms with van der Waals surface area (Å²) in [5.74, 6) is 1.62. The van der Waals surface area contributed by atoms with Gasteiger partial charge in [-0.25, -0.2) is 0 Å². The van der Waals surface area contributed by atoms with E-state index in [9.17, 15) is 0 Å². The van der Waals surface area contributed by atoms with E-state index in [1.54, 1.807) is 7.11 Å². The molecule has 1 atom stereocenters. The molecule has 0 aliphatic carbocycles. The van der Waals surface area contributed by atoms with E-state index in [2.05, 4.69) is 11.4 Å². The largest absolute Gasteiger partial charge is 0.496 e. The molecule has 1 aromatic rings. The summed E-state index contributed by atoms with van der Waals surface area (Å²) in [6.45, 7) is 3.79. The smallest absolute Gasteiger partial charge is 0.124 e. The average molecular weight is 249 g/mol. The lowest BCUT2D eigenvalue weighted by atomic mass is 10.0. The molecule has 0 amide bonds. The molecule has 1 N–H and O–H groups in total. The van der Waals surface area contributed by atoms with Crippen LogP contribution in [0.2, 0.25) is 0 Å². The van der Waals surface area contributed by atoms with Crippen LogP contribution in [-0.2, 0) is 11.3 Å². The Kier molecular flexibility index (Phi) is 5.49. The number of para-hydroxylation sites is 1. The molecule has 1 aromatic carbocycles. The van der Waals surface area contributed by atoms with Crippen LogP contribution in [0.1, 0.15) is 24.8 Å². The van der Waals surface area contributed by atoms with Gasteiger partial charge in [0.15, 0.2) is 0 Å². The molecule has 0 aromatic heterocycles. The predicted octanol–water partition coefficient (Wildman–Crippen LogP) is 2.60. The average Bonchev–Trinajstić information content (AvgIpc) is 2.68. The predicted molar refractivity (Wildman–Crippen MR) is 72.9 cm³/mol. The lowest BCUT2D eigenvalue weighted by Gasteiger charge is -2.14. The van der Waals surface area contributed by atoms with E-state index in [1.807, 2.05) is 18.2 Å². The topological polar surface area (TPSA) is 30.5 Å². The number of ether oxygens (including phenoxy) is 2. The summed E-state index contributed by atoms with van der Waals surface area (Å²) >= 11 is 0. The van der Waals surface area contributed by atoms with Gasteiger partial charge in [-0.3, -0.25) is 0 Å². The fourth-order valence-corrected chi connectivity index (χ4v) is 2.42. The second-order valence-corrected chi connectivity index (χ2v) is 4.87. The third-order valence-corrected chi connectivity index (χ3v) is 3.50. The molecule has 1 heterocycles. The standard InChI is InChI=1S/C15H23NO2/c1-17-15-7-3-2-6-14(15)12-18-11-13-5-4-9-16-10-8-13/h2-3,6-7,13,16H,4-5,8-12H2,1H3. The number of benzene rings is 1. The zero-order chi connectivity index (χ0) is 12.6. The second-order valence-electron chi connectivity index (χ2n) is 4.87. The highest BCUT2D eigenvalue weighted by atomic mass is 16.5. The van der Waals surface area contributed by atoms with E-state index in [0.29, 0.717) is 12.5 Å². The monoisotopic (exact) mass is 249 g/mol. The lowest BCUT2D eigenvalue weighted by Crippen LogP contribution is -2.15. The number of hydrogen-bond donors (Lipinski definition) is 1. The Bertz CT molecular complexity index is 346. The van der Waals surface area contributed by atoms with E-state index in [1.165, 1.54) is 19.3 Å². The third-order valence-electron chi connectivity index (χ3n) is 3.50. The van der Waals surface area contributed by atoms with Crippen molar-refractivity contribution in [1.82, 2.24) is 5.32 Å². The number of nitrogens with one attached hydrogen (secondary N) is 1. The fourth-order valence-electron chi connectivity index (χ4n) is 2.42. The molecule has 0 saturated carbocycles. The van der Waals surface area contributed by atoms with Crippen molar-refractivity contribution < 1.29 is 9.47 Å². The van der Waals surface area contributed by atoms with Crippen LogP contribution >= 0.6 is 0 Å². The molecule has 1 unspecified atom stereocenters. The molecule has 0 bridgehead atoms. The minimum absolute atomic E-state index is 0.647. The van der Waals surface area contributed by atoms with E-state index in [0.717, 1.165) is 31.0 Å². The summed E-state index contributed by atoms with van der Waals surface area (Å²) in [6.07, 6.45) is 3.77. The first kappa shape index (κ1) is 13.4. The number of methoxy groups -OCH3 is 1. The van der Waals surface area contributed by atoms with Crippen LogP contribution in [0.25, 0.3) is 0 Å². The third kappa shape index (κ3) is 4.00. The molecule has 0 radical (unpaired) electrons. The molecule has 100 valence electrons. The highest BCUT2D eigenvalue weighted by Gasteiger charge is 2.12. The highest BCUT2D eigenvalue weighted by molar-refractivity contribution is 5.32. The van der Waals surface area contributed by atoms with Gasteiger partial charge < -0.3 is 14.8 Å². The lowest BCUT2D eigenvalue weighted by molar-refractivity contribution is 0.0816. The molecule has 1 fully saturated rings. The van der Waals surface area contributed by atoms with Crippen LogP contribution in [0.5, 0.6) is 5.75 Å². The molecular formula is C15H23NO2. The maximum atomic E-state index is 5.85. The van der Waals surface area contributed by atoms with E-state index in [4.69, 9.17) is 9.47 Å². The number of rotatable bonds is 5. The Morgan fingerprint density at radius 2 is 2.11 bits per heavy atom. The maximum Gasteiger partial charge on any atom is 0.124 e. The summed E-state index contributed by atoms with van der Waals surface area (Å²) < 4.78 is 11.2. The Labute approximate surface area is 109 Å². The van der Waals surface area contributed by atoms with Gasteiger partial charge in [0.2, 0.25) is 0 Å². The van der Waals surface area contributed by atoms with Gasteiger partial charge in [-0.2, -0.15) is 0 Å². The van der Waals surface area contributed by atoms with Gasteiger partial charge in [0.25, 0.3) is 0 Å². The number of hydrogen-bond acceptors (Lipinski definition) is 3. The molecule has 3 nitrogen and oxygen atoms in total. The van der Waals surface area contributed by atoms with Crippen LogP contribution in [0.4, 0.5) is 0 Å². The first-order valence-corrected chi connectivity index (χ1v) is 6.80. The Morgan fingerprint density at radius 1 is 1.22 bits per heavy atom. The van der Waals surface area contributed by atoms with E-state index in [-0.39, 0.29) is 0 Å². The molecule has 1 saturated heterocycles. The zero-order valence-electron chi connectivity index (χ0n) is 11.2. The van der Waals surface area contributed by atoms with Crippen LogP contribution in [0.3, 0.4) is 0 Å². The van der Waals surface area contributed by atoms with Crippen molar-refractivity contribution in [2.45, 2.75) is 25.9 Å². The molecular weight excluding hydrogens is 226 g/mol. The minimum Gasteiger partial charge on any atom is -0.496 e. The maximum absolute atomic E-state index is 5.85. The van der Waals surface area contributed by atoms with Crippen molar-refractivity contribution in [2.75, 3.05) is 26.8 Å². The Hall–Kier alpha value is -1.06. The van der Waals surface area contributed by atoms with Crippen molar-refractivity contribution in [2.24, 2.45) is 5.92 Å². The van der Waals surface area contributed by atoms with Crippen LogP contribution in [-0.4, -0.2) is 26.8 Å². The van der Waals surface area contributed by atoms with Crippen molar-refractivity contribution in [1.29, 1.82) is 0 Å². The van der Waals surface area contributed by atoms with Crippen molar-refractivity contribution in [3.8, 4) is 5.75 Å². The van der Waals surface area contributed by atoms with Crippen LogP contribution < -0.4 is 10.1 Å². The van der Waals surface area contributed by atoms with Gasteiger partial charge in [-0.1, -0.05) is 18.2 Å². The second kappa shape index (κ2) is 7.39. The van der Waals surface area contributed by atoms with Gasteiger partial charge in [-0.15, -0.1) is 0 Å². The van der Waals surface area contributed by atoms with Crippen LogP contribution in [0, 0.1) is 5.92 Å². The molecule has 1 aliphatic heterocycles. The zero-order valence-corrected chi connectivity index (χ0v) is 11.2. The quantitative estimate of drug-likeness (QED) is 0.870. The van der Waals surface area contributed by atoms with E-state index >= 15 is 0 Å². The van der Waals surface area contributed by atoms with Crippen LogP contribution in [0.15, 0.2) is 24.3 Å². The summed E-state index contributed by atoms with van der Waals surface area (Å²) in [5, 5.41) is 3.43. The van der Waals surface area contributed by atoms with Crippen molar-refractivity contribution in [3.05, 3.63) is 29.8 Å².